The standard InChI is InChI=1S/C13H27NS/c1-11-6-5-7-12(8-11)14(4)9-13(2,3)10-15/h11-12,15H,5-10H2,1-4H3. The molecule has 1 saturated carbocycles. The van der Waals surface area contributed by atoms with Gasteiger partial charge in [0.25, 0.3) is 0 Å². The summed E-state index contributed by atoms with van der Waals surface area (Å²) in [6.45, 7) is 8.18. The van der Waals surface area contributed by atoms with Crippen LogP contribution in [0.1, 0.15) is 46.5 Å². The van der Waals surface area contributed by atoms with Gasteiger partial charge < -0.3 is 4.90 Å². The van der Waals surface area contributed by atoms with E-state index in [0.29, 0.717) is 5.41 Å². The van der Waals surface area contributed by atoms with Crippen molar-refractivity contribution in [3.05, 3.63) is 0 Å². The minimum atomic E-state index is 0.346. The number of thiol groups is 1. The molecule has 0 aromatic rings. The first-order valence-corrected chi connectivity index (χ1v) is 6.89. The molecular weight excluding hydrogens is 202 g/mol. The van der Waals surface area contributed by atoms with Crippen molar-refractivity contribution < 1.29 is 0 Å². The van der Waals surface area contributed by atoms with E-state index in [2.05, 4.69) is 45.3 Å². The summed E-state index contributed by atoms with van der Waals surface area (Å²) in [5.74, 6) is 1.89. The first-order chi connectivity index (χ1) is 6.94. The first-order valence-electron chi connectivity index (χ1n) is 6.26. The zero-order chi connectivity index (χ0) is 11.5. The van der Waals surface area contributed by atoms with Gasteiger partial charge in [-0.25, -0.2) is 0 Å². The molecule has 2 atom stereocenters. The minimum Gasteiger partial charge on any atom is -0.303 e. The minimum absolute atomic E-state index is 0.346. The van der Waals surface area contributed by atoms with Gasteiger partial charge in [0.1, 0.15) is 0 Å². The molecule has 0 aliphatic heterocycles. The van der Waals surface area contributed by atoms with Crippen LogP contribution in [0.15, 0.2) is 0 Å². The van der Waals surface area contributed by atoms with Crippen molar-refractivity contribution in [1.29, 1.82) is 0 Å². The fourth-order valence-electron chi connectivity index (χ4n) is 2.66. The van der Waals surface area contributed by atoms with Crippen LogP contribution in [0.4, 0.5) is 0 Å². The molecule has 1 rings (SSSR count). The molecule has 0 bridgehead atoms. The Balaban J connectivity index is 2.42. The monoisotopic (exact) mass is 229 g/mol. The average Bonchev–Trinajstić information content (AvgIpc) is 2.17. The predicted octanol–water partition coefficient (Wildman–Crippen LogP) is 3.45. The molecule has 0 N–H and O–H groups in total. The van der Waals surface area contributed by atoms with E-state index in [0.717, 1.165) is 17.7 Å². The second-order valence-corrected chi connectivity index (χ2v) is 6.48. The average molecular weight is 229 g/mol. The van der Waals surface area contributed by atoms with Crippen molar-refractivity contribution in [3.8, 4) is 0 Å². The molecule has 0 aromatic heterocycles. The Morgan fingerprint density at radius 3 is 2.53 bits per heavy atom. The summed E-state index contributed by atoms with van der Waals surface area (Å²) in [6, 6.07) is 0.813. The highest BCUT2D eigenvalue weighted by molar-refractivity contribution is 7.80. The molecule has 0 heterocycles. The van der Waals surface area contributed by atoms with Gasteiger partial charge >= 0.3 is 0 Å². The van der Waals surface area contributed by atoms with E-state index in [4.69, 9.17) is 0 Å². The lowest BCUT2D eigenvalue weighted by Crippen LogP contribution is -2.41. The van der Waals surface area contributed by atoms with Crippen LogP contribution in [0, 0.1) is 11.3 Å². The first kappa shape index (κ1) is 13.4. The lowest BCUT2D eigenvalue weighted by molar-refractivity contribution is 0.125. The summed E-state index contributed by atoms with van der Waals surface area (Å²) in [5, 5.41) is 0. The fourth-order valence-corrected chi connectivity index (χ4v) is 2.76. The van der Waals surface area contributed by atoms with Gasteiger partial charge in [-0.05, 0) is 37.0 Å². The third kappa shape index (κ3) is 4.36. The number of nitrogens with zero attached hydrogens (tertiary/aromatic N) is 1. The van der Waals surface area contributed by atoms with E-state index < -0.39 is 0 Å². The van der Waals surface area contributed by atoms with Crippen LogP contribution >= 0.6 is 12.6 Å². The van der Waals surface area contributed by atoms with Crippen LogP contribution in [0.2, 0.25) is 0 Å². The molecule has 0 aromatic carbocycles. The van der Waals surface area contributed by atoms with Crippen LogP contribution < -0.4 is 0 Å². The predicted molar refractivity (Wildman–Crippen MR) is 71.7 cm³/mol. The fraction of sp³-hybridized carbons (Fsp3) is 1.00. The van der Waals surface area contributed by atoms with Crippen molar-refractivity contribution in [2.24, 2.45) is 11.3 Å². The van der Waals surface area contributed by atoms with Crippen LogP contribution in [-0.2, 0) is 0 Å². The van der Waals surface area contributed by atoms with Crippen molar-refractivity contribution >= 4 is 12.6 Å². The lowest BCUT2D eigenvalue weighted by atomic mass is 9.85. The Morgan fingerprint density at radius 1 is 1.33 bits per heavy atom. The molecule has 0 radical (unpaired) electrons. The van der Waals surface area contributed by atoms with Gasteiger partial charge in [0.15, 0.2) is 0 Å². The Labute approximate surface area is 101 Å². The molecular formula is C13H27NS. The van der Waals surface area contributed by atoms with Crippen molar-refractivity contribution in [3.63, 3.8) is 0 Å². The number of rotatable bonds is 4. The summed E-state index contributed by atoms with van der Waals surface area (Å²) < 4.78 is 0. The van der Waals surface area contributed by atoms with E-state index >= 15 is 0 Å². The Hall–Kier alpha value is 0.310. The smallest absolute Gasteiger partial charge is 0.00949 e. The SMILES string of the molecule is CC1CCCC(N(C)CC(C)(C)CS)C1. The molecule has 2 unspecified atom stereocenters. The largest absolute Gasteiger partial charge is 0.303 e. The van der Waals surface area contributed by atoms with Crippen LogP contribution in [0.5, 0.6) is 0 Å². The second-order valence-electron chi connectivity index (χ2n) is 6.16. The molecule has 1 nitrogen and oxygen atoms in total. The van der Waals surface area contributed by atoms with E-state index in [1.165, 1.54) is 32.2 Å². The summed E-state index contributed by atoms with van der Waals surface area (Å²) in [5.41, 5.74) is 0.346. The second kappa shape index (κ2) is 5.58. The van der Waals surface area contributed by atoms with Gasteiger partial charge in [-0.2, -0.15) is 12.6 Å². The summed E-state index contributed by atoms with van der Waals surface area (Å²) in [6.07, 6.45) is 5.63. The summed E-state index contributed by atoms with van der Waals surface area (Å²) >= 11 is 4.43. The van der Waals surface area contributed by atoms with Crippen LogP contribution in [0.3, 0.4) is 0 Å². The normalized spacial score (nSPS) is 28.4. The zero-order valence-corrected chi connectivity index (χ0v) is 11.7. The van der Waals surface area contributed by atoms with Gasteiger partial charge in [-0.15, -0.1) is 0 Å². The molecule has 0 amide bonds. The third-order valence-corrected chi connectivity index (χ3v) is 4.49. The van der Waals surface area contributed by atoms with Gasteiger partial charge in [-0.1, -0.05) is 33.6 Å². The maximum atomic E-state index is 4.43. The molecule has 0 spiro atoms. The van der Waals surface area contributed by atoms with Crippen molar-refractivity contribution in [1.82, 2.24) is 4.90 Å². The topological polar surface area (TPSA) is 3.24 Å². The quantitative estimate of drug-likeness (QED) is 0.723. The summed E-state index contributed by atoms with van der Waals surface area (Å²) in [4.78, 5) is 2.56. The zero-order valence-electron chi connectivity index (χ0n) is 10.8. The van der Waals surface area contributed by atoms with Crippen molar-refractivity contribution in [2.75, 3.05) is 19.3 Å². The molecule has 15 heavy (non-hydrogen) atoms. The maximum absolute atomic E-state index is 4.43. The van der Waals surface area contributed by atoms with E-state index in [-0.39, 0.29) is 0 Å². The Kier molecular flexibility index (Phi) is 4.98. The maximum Gasteiger partial charge on any atom is 0.00949 e. The van der Waals surface area contributed by atoms with E-state index in [1.54, 1.807) is 0 Å². The van der Waals surface area contributed by atoms with Gasteiger partial charge in [-0.3, -0.25) is 0 Å². The molecule has 2 heteroatoms. The Bertz CT molecular complexity index is 191. The third-order valence-electron chi connectivity index (χ3n) is 3.64. The van der Waals surface area contributed by atoms with E-state index in [1.807, 2.05) is 0 Å². The molecule has 1 aliphatic carbocycles. The summed E-state index contributed by atoms with van der Waals surface area (Å²) in [7, 11) is 2.29. The molecule has 0 saturated heterocycles. The van der Waals surface area contributed by atoms with Gasteiger partial charge in [0.2, 0.25) is 0 Å². The molecule has 90 valence electrons. The number of hydrogen-bond donors (Lipinski definition) is 1. The Morgan fingerprint density at radius 2 is 2.00 bits per heavy atom. The van der Waals surface area contributed by atoms with Crippen LogP contribution in [0.25, 0.3) is 0 Å². The highest BCUT2D eigenvalue weighted by Crippen LogP contribution is 2.28. The van der Waals surface area contributed by atoms with Gasteiger partial charge in [0, 0.05) is 12.6 Å². The highest BCUT2D eigenvalue weighted by Gasteiger charge is 2.26. The van der Waals surface area contributed by atoms with Gasteiger partial charge in [0.05, 0.1) is 0 Å². The van der Waals surface area contributed by atoms with E-state index in [9.17, 15) is 0 Å². The van der Waals surface area contributed by atoms with Crippen LogP contribution in [-0.4, -0.2) is 30.3 Å². The number of hydrogen-bond acceptors (Lipinski definition) is 2. The molecule has 1 fully saturated rings. The highest BCUT2D eigenvalue weighted by atomic mass is 32.1. The van der Waals surface area contributed by atoms with Crippen molar-refractivity contribution in [2.45, 2.75) is 52.5 Å². The molecule has 1 aliphatic rings. The lowest BCUT2D eigenvalue weighted by Gasteiger charge is -2.38.